The molecule has 0 amide bonds. The van der Waals surface area contributed by atoms with E-state index in [0.717, 1.165) is 40.8 Å². The second-order valence-corrected chi connectivity index (χ2v) is 13.2. The van der Waals surface area contributed by atoms with Crippen LogP contribution in [0.4, 0.5) is 17.1 Å². The molecule has 1 aromatic heterocycles. The Morgan fingerprint density at radius 3 is 1.87 bits per heavy atom. The first-order valence-corrected chi connectivity index (χ1v) is 16.1. The molecule has 1 heterocycles. The molecule has 232 valence electrons. The van der Waals surface area contributed by atoms with Crippen LogP contribution in [0.5, 0.6) is 0 Å². The van der Waals surface area contributed by atoms with Crippen molar-refractivity contribution in [2.45, 2.75) is 59.9 Å². The molecular weight excluding hydrogens is 556 g/mol. The van der Waals surface area contributed by atoms with E-state index < -0.39 is 5.97 Å². The van der Waals surface area contributed by atoms with E-state index in [1.165, 1.54) is 11.1 Å². The Morgan fingerprint density at radius 1 is 0.733 bits per heavy atom. The number of carboxylic acid groups (broad SMARTS) is 1. The fraction of sp³-hybridized carbons (Fsp3) is 0.300. The molecule has 1 N–H and O–H groups in total. The number of fused-ring (bicyclic) bond motifs is 1. The lowest BCUT2D eigenvalue weighted by atomic mass is 9.99. The number of benzene rings is 4. The minimum Gasteiger partial charge on any atom is -0.481 e. The molecule has 0 radical (unpaired) electrons. The maximum atomic E-state index is 14.2. The Kier molecular flexibility index (Phi) is 9.69. The lowest BCUT2D eigenvalue weighted by Crippen LogP contribution is -2.34. The lowest BCUT2D eigenvalue weighted by molar-refractivity contribution is -0.137. The normalized spacial score (nSPS) is 11.9. The number of carboxylic acids is 1. The number of hydrogen-bond acceptors (Lipinski definition) is 2. The van der Waals surface area contributed by atoms with Gasteiger partial charge in [-0.25, -0.2) is 4.48 Å². The fourth-order valence-corrected chi connectivity index (χ4v) is 6.34. The number of aliphatic carboxylic acids is 1. The minimum absolute atomic E-state index is 0.0452. The molecular formula is C40H45N2O3+. The Labute approximate surface area is 267 Å². The van der Waals surface area contributed by atoms with E-state index in [2.05, 4.69) is 89.3 Å². The van der Waals surface area contributed by atoms with E-state index in [9.17, 15) is 9.59 Å². The van der Waals surface area contributed by atoms with Crippen molar-refractivity contribution in [3.8, 4) is 0 Å². The van der Waals surface area contributed by atoms with Gasteiger partial charge in [0.15, 0.2) is 5.78 Å². The van der Waals surface area contributed by atoms with Gasteiger partial charge in [0.05, 0.1) is 7.05 Å². The highest BCUT2D eigenvalue weighted by Crippen LogP contribution is 2.43. The van der Waals surface area contributed by atoms with Crippen molar-refractivity contribution >= 4 is 39.7 Å². The summed E-state index contributed by atoms with van der Waals surface area (Å²) in [6.45, 7) is 9.49. The summed E-state index contributed by atoms with van der Waals surface area (Å²) < 4.78 is 2.43. The molecule has 0 atom stereocenters. The lowest BCUT2D eigenvalue weighted by Gasteiger charge is -2.34. The summed E-state index contributed by atoms with van der Waals surface area (Å²) in [7, 11) is 2.20. The van der Waals surface area contributed by atoms with Crippen molar-refractivity contribution in [1.82, 2.24) is 9.05 Å². The average molecular weight is 602 g/mol. The number of ketones is 1. The van der Waals surface area contributed by atoms with Gasteiger partial charge in [0.2, 0.25) is 0 Å². The zero-order chi connectivity index (χ0) is 32.1. The predicted molar refractivity (Wildman–Crippen MR) is 186 cm³/mol. The molecule has 0 unspecified atom stereocenters. The van der Waals surface area contributed by atoms with Crippen LogP contribution in [0.25, 0.3) is 10.9 Å². The third-order valence-electron chi connectivity index (χ3n) is 8.64. The Balaban J connectivity index is 1.57. The van der Waals surface area contributed by atoms with Crippen LogP contribution in [-0.4, -0.2) is 28.5 Å². The van der Waals surface area contributed by atoms with Crippen molar-refractivity contribution in [3.05, 3.63) is 126 Å². The van der Waals surface area contributed by atoms with Gasteiger partial charge in [-0.05, 0) is 48.3 Å². The predicted octanol–water partition coefficient (Wildman–Crippen LogP) is 9.73. The smallest absolute Gasteiger partial charge is 0.303 e. The molecule has 45 heavy (non-hydrogen) atoms. The fourth-order valence-electron chi connectivity index (χ4n) is 6.34. The molecule has 0 aliphatic heterocycles. The van der Waals surface area contributed by atoms with Gasteiger partial charge in [-0.15, -0.1) is 0 Å². The molecule has 0 aliphatic rings. The molecule has 5 heteroatoms. The summed E-state index contributed by atoms with van der Waals surface area (Å²) >= 11 is 0. The molecule has 0 aliphatic carbocycles. The molecule has 0 bridgehead atoms. The van der Waals surface area contributed by atoms with E-state index >= 15 is 0 Å². The summed E-state index contributed by atoms with van der Waals surface area (Å²) in [5, 5.41) is 10.0. The van der Waals surface area contributed by atoms with Gasteiger partial charge in [-0.1, -0.05) is 82.3 Å². The number of rotatable bonds is 13. The molecule has 0 fully saturated rings. The molecule has 0 spiro atoms. The minimum atomic E-state index is -0.815. The maximum absolute atomic E-state index is 14.2. The van der Waals surface area contributed by atoms with Crippen LogP contribution >= 0.6 is 0 Å². The highest BCUT2D eigenvalue weighted by Gasteiger charge is 2.32. The van der Waals surface area contributed by atoms with Crippen molar-refractivity contribution in [3.63, 3.8) is 0 Å². The van der Waals surface area contributed by atoms with E-state index in [1.807, 2.05) is 53.2 Å². The van der Waals surface area contributed by atoms with Crippen molar-refractivity contribution in [2.24, 2.45) is 11.8 Å². The van der Waals surface area contributed by atoms with Gasteiger partial charge in [0.1, 0.15) is 17.1 Å². The zero-order valence-corrected chi connectivity index (χ0v) is 27.2. The number of hydrogen-bond donors (Lipinski definition) is 1. The number of carbonyl (C=O) groups is 2. The van der Waals surface area contributed by atoms with Crippen molar-refractivity contribution < 1.29 is 14.7 Å². The first-order valence-electron chi connectivity index (χ1n) is 16.1. The third kappa shape index (κ3) is 7.10. The largest absolute Gasteiger partial charge is 0.481 e. The summed E-state index contributed by atoms with van der Waals surface area (Å²) in [6.07, 6.45) is 4.53. The Hall–Kier alpha value is -4.48. The van der Waals surface area contributed by atoms with Gasteiger partial charge < -0.3 is 9.67 Å². The van der Waals surface area contributed by atoms with Crippen LogP contribution in [0.3, 0.4) is 0 Å². The quantitative estimate of drug-likeness (QED) is 0.108. The van der Waals surface area contributed by atoms with Crippen LogP contribution in [-0.2, 0) is 24.2 Å². The molecule has 4 aromatic carbocycles. The molecule has 0 saturated carbocycles. The second-order valence-electron chi connectivity index (χ2n) is 13.2. The number of para-hydroxylation sites is 1. The summed E-state index contributed by atoms with van der Waals surface area (Å²) in [4.78, 5) is 25.3. The van der Waals surface area contributed by atoms with Crippen LogP contribution in [0.1, 0.15) is 67.6 Å². The first-order chi connectivity index (χ1) is 21.6. The van der Waals surface area contributed by atoms with Crippen LogP contribution in [0.15, 0.2) is 103 Å². The number of carbonyl (C=O) groups excluding carboxylic acids is 1. The maximum Gasteiger partial charge on any atom is 0.303 e. The Morgan fingerprint density at radius 2 is 1.31 bits per heavy atom. The number of nitrogens with zero attached hydrogens (tertiary/aromatic N) is 2. The topological polar surface area (TPSA) is 59.3 Å². The number of aromatic nitrogens is 1. The zero-order valence-electron chi connectivity index (χ0n) is 27.2. The monoisotopic (exact) mass is 601 g/mol. The average Bonchev–Trinajstić information content (AvgIpc) is 3.39. The highest BCUT2D eigenvalue weighted by molar-refractivity contribution is 6.16. The second kappa shape index (κ2) is 13.7. The number of quaternary nitrogens is 1. The SMILES string of the molecule is CC(C)Cc1ccc([N+](C)(c2ccc(CC(C)C)cc2)c2cccc(C(=O)c3cn(CCCC(=O)O)c4ccccc34)c2)cc1. The van der Waals surface area contributed by atoms with Crippen molar-refractivity contribution in [2.75, 3.05) is 7.05 Å². The van der Waals surface area contributed by atoms with Crippen molar-refractivity contribution in [1.29, 1.82) is 0 Å². The van der Waals surface area contributed by atoms with Gasteiger partial charge in [0, 0.05) is 77.6 Å². The van der Waals surface area contributed by atoms with Gasteiger partial charge >= 0.3 is 5.97 Å². The molecule has 0 saturated heterocycles. The molecule has 5 nitrogen and oxygen atoms in total. The number of aryl methyl sites for hydroxylation is 1. The standard InChI is InChI=1S/C40H44N2O3/c1-28(2)24-30-15-19-33(20-16-30)42(5,34-21-17-31(18-22-34)25-29(3)4)35-11-8-10-32(26-35)40(45)37-27-41(23-9-14-39(43)44)38-13-7-6-12-36(37)38/h6-8,10-13,15-22,26-29H,9,14,23-25H2,1-5H3/p+1. The van der Waals surface area contributed by atoms with Crippen LogP contribution in [0, 0.1) is 11.8 Å². The molecule has 5 aromatic rings. The van der Waals surface area contributed by atoms with Gasteiger partial charge in [-0.2, -0.15) is 0 Å². The van der Waals surface area contributed by atoms with Crippen LogP contribution in [0.2, 0.25) is 0 Å². The van der Waals surface area contributed by atoms with Gasteiger partial charge in [-0.3, -0.25) is 9.59 Å². The van der Waals surface area contributed by atoms with Crippen LogP contribution < -0.4 is 4.48 Å². The Bertz CT molecular complexity index is 1730. The summed E-state index contributed by atoms with van der Waals surface area (Å²) in [5.41, 5.74) is 8.07. The van der Waals surface area contributed by atoms with E-state index in [0.29, 0.717) is 40.4 Å². The van der Waals surface area contributed by atoms with E-state index in [-0.39, 0.29) is 12.2 Å². The van der Waals surface area contributed by atoms with E-state index in [4.69, 9.17) is 5.11 Å². The summed E-state index contributed by atoms with van der Waals surface area (Å²) in [5.74, 6) is 0.299. The van der Waals surface area contributed by atoms with Gasteiger partial charge in [0.25, 0.3) is 0 Å². The third-order valence-corrected chi connectivity index (χ3v) is 8.64. The first kappa shape index (κ1) is 31.9. The molecule has 5 rings (SSSR count). The highest BCUT2D eigenvalue weighted by atomic mass is 16.4. The summed E-state index contributed by atoms with van der Waals surface area (Å²) in [6, 6.07) is 33.7. The van der Waals surface area contributed by atoms with E-state index in [1.54, 1.807) is 0 Å².